The molecule has 5 heteroatoms. The first kappa shape index (κ1) is 16.1. The molecule has 1 aliphatic rings. The van der Waals surface area contributed by atoms with Gasteiger partial charge in [0.2, 0.25) is 0 Å². The molecule has 4 nitrogen and oxygen atoms in total. The van der Waals surface area contributed by atoms with Gasteiger partial charge in [-0.25, -0.2) is 14.4 Å². The molecule has 21 heavy (non-hydrogen) atoms. The van der Waals surface area contributed by atoms with Crippen molar-refractivity contribution in [3.63, 3.8) is 0 Å². The van der Waals surface area contributed by atoms with Gasteiger partial charge in [0.1, 0.15) is 5.60 Å². The van der Waals surface area contributed by atoms with E-state index in [-0.39, 0.29) is 5.82 Å². The molecule has 0 aliphatic heterocycles. The third-order valence-corrected chi connectivity index (χ3v) is 4.05. The predicted molar refractivity (Wildman–Crippen MR) is 81.9 cm³/mol. The van der Waals surface area contributed by atoms with Crippen LogP contribution in [-0.2, 0) is 10.3 Å². The van der Waals surface area contributed by atoms with Crippen LogP contribution in [0.5, 0.6) is 0 Å². The fourth-order valence-electron chi connectivity index (χ4n) is 2.96. The highest BCUT2D eigenvalue weighted by atomic mass is 19.1. The molecule has 1 aliphatic carbocycles. The lowest BCUT2D eigenvalue weighted by Crippen LogP contribution is -2.35. The second-order valence-electron chi connectivity index (χ2n) is 5.71. The Morgan fingerprint density at radius 1 is 1.19 bits per heavy atom. The van der Waals surface area contributed by atoms with E-state index in [9.17, 15) is 4.39 Å². The van der Waals surface area contributed by atoms with E-state index in [1.807, 2.05) is 13.8 Å². The third-order valence-electron chi connectivity index (χ3n) is 4.05. The lowest BCUT2D eigenvalue weighted by molar-refractivity contribution is -0.0767. The Kier molecular flexibility index (Phi) is 5.51. The maximum Gasteiger partial charge on any atom is 0.186 e. The molecule has 0 amide bonds. The van der Waals surface area contributed by atoms with Crippen molar-refractivity contribution in [2.24, 2.45) is 0 Å². The molecule has 0 unspecified atom stereocenters. The summed E-state index contributed by atoms with van der Waals surface area (Å²) in [6.45, 7) is 7.05. The number of hydrogen-bond donors (Lipinski definition) is 1. The molecule has 1 aromatic heterocycles. The predicted octanol–water partition coefficient (Wildman–Crippen LogP) is 3.94. The van der Waals surface area contributed by atoms with E-state index in [0.29, 0.717) is 30.5 Å². The molecule has 1 N–H and O–H groups in total. The summed E-state index contributed by atoms with van der Waals surface area (Å²) in [7, 11) is 0. The maximum absolute atomic E-state index is 14.2. The Morgan fingerprint density at radius 3 is 2.52 bits per heavy atom. The normalized spacial score (nSPS) is 17.7. The molecule has 0 atom stereocenters. The van der Waals surface area contributed by atoms with E-state index < -0.39 is 5.60 Å². The standard InChI is InChI=1S/C16H26FN3O/c1-4-11-18-14-13(17)12(3)19-15(20-14)16(21-5-2)9-7-6-8-10-16/h4-11H2,1-3H3,(H,18,19,20). The first-order valence-electron chi connectivity index (χ1n) is 8.05. The summed E-state index contributed by atoms with van der Waals surface area (Å²) in [5, 5.41) is 3.06. The second-order valence-corrected chi connectivity index (χ2v) is 5.71. The molecule has 0 aromatic carbocycles. The minimum atomic E-state index is -0.436. The number of rotatable bonds is 6. The first-order valence-corrected chi connectivity index (χ1v) is 8.05. The van der Waals surface area contributed by atoms with Gasteiger partial charge in [-0.05, 0) is 33.1 Å². The highest BCUT2D eigenvalue weighted by molar-refractivity contribution is 5.38. The Morgan fingerprint density at radius 2 is 1.90 bits per heavy atom. The van der Waals surface area contributed by atoms with Crippen molar-refractivity contribution < 1.29 is 9.13 Å². The average molecular weight is 295 g/mol. The average Bonchev–Trinajstić information content (AvgIpc) is 2.50. The van der Waals surface area contributed by atoms with Gasteiger partial charge in [0.05, 0.1) is 5.69 Å². The fraction of sp³-hybridized carbons (Fsp3) is 0.750. The summed E-state index contributed by atoms with van der Waals surface area (Å²) in [6.07, 6.45) is 6.19. The lowest BCUT2D eigenvalue weighted by Gasteiger charge is -2.35. The molecule has 0 radical (unpaired) electrons. The minimum Gasteiger partial charge on any atom is -0.368 e. The van der Waals surface area contributed by atoms with Crippen molar-refractivity contribution in [3.8, 4) is 0 Å². The molecule has 1 aromatic rings. The van der Waals surface area contributed by atoms with Gasteiger partial charge in [-0.2, -0.15) is 0 Å². The van der Waals surface area contributed by atoms with Crippen molar-refractivity contribution in [3.05, 3.63) is 17.3 Å². The van der Waals surface area contributed by atoms with Gasteiger partial charge in [0.15, 0.2) is 17.5 Å². The van der Waals surface area contributed by atoms with Crippen molar-refractivity contribution in [2.75, 3.05) is 18.5 Å². The molecule has 2 rings (SSSR count). The topological polar surface area (TPSA) is 47.0 Å². The number of anilines is 1. The van der Waals surface area contributed by atoms with Crippen LogP contribution in [0.1, 0.15) is 63.9 Å². The molecule has 118 valence electrons. The van der Waals surface area contributed by atoms with Crippen LogP contribution in [0, 0.1) is 12.7 Å². The highest BCUT2D eigenvalue weighted by Gasteiger charge is 2.38. The van der Waals surface area contributed by atoms with Crippen LogP contribution >= 0.6 is 0 Å². The van der Waals surface area contributed by atoms with Gasteiger partial charge in [0, 0.05) is 13.2 Å². The van der Waals surface area contributed by atoms with E-state index in [0.717, 1.165) is 32.1 Å². The van der Waals surface area contributed by atoms with E-state index in [2.05, 4.69) is 15.3 Å². The zero-order valence-corrected chi connectivity index (χ0v) is 13.3. The molecule has 1 heterocycles. The Hall–Kier alpha value is -1.23. The van der Waals surface area contributed by atoms with Crippen LogP contribution in [0.25, 0.3) is 0 Å². The fourth-order valence-corrected chi connectivity index (χ4v) is 2.96. The smallest absolute Gasteiger partial charge is 0.186 e. The largest absolute Gasteiger partial charge is 0.368 e. The first-order chi connectivity index (χ1) is 10.1. The SMILES string of the molecule is CCCNc1nc(C2(OCC)CCCCC2)nc(C)c1F. The Bertz CT molecular complexity index is 467. The Labute approximate surface area is 126 Å². The molecular formula is C16H26FN3O. The summed E-state index contributed by atoms with van der Waals surface area (Å²) in [6, 6.07) is 0. The van der Waals surface area contributed by atoms with E-state index >= 15 is 0 Å². The summed E-state index contributed by atoms with van der Waals surface area (Å²) >= 11 is 0. The molecule has 0 bridgehead atoms. The van der Waals surface area contributed by atoms with Gasteiger partial charge in [-0.15, -0.1) is 0 Å². The van der Waals surface area contributed by atoms with Crippen LogP contribution in [0.2, 0.25) is 0 Å². The summed E-state index contributed by atoms with van der Waals surface area (Å²) in [5.41, 5.74) is -0.0445. The van der Waals surface area contributed by atoms with Crippen LogP contribution in [0.3, 0.4) is 0 Å². The lowest BCUT2D eigenvalue weighted by atomic mass is 9.83. The monoisotopic (exact) mass is 295 g/mol. The van der Waals surface area contributed by atoms with Crippen molar-refractivity contribution in [1.29, 1.82) is 0 Å². The van der Waals surface area contributed by atoms with Crippen LogP contribution in [0.15, 0.2) is 0 Å². The van der Waals surface area contributed by atoms with Crippen molar-refractivity contribution in [1.82, 2.24) is 9.97 Å². The molecule has 1 saturated carbocycles. The number of nitrogens with zero attached hydrogens (tertiary/aromatic N) is 2. The van der Waals surface area contributed by atoms with Gasteiger partial charge >= 0.3 is 0 Å². The number of nitrogens with one attached hydrogen (secondary N) is 1. The summed E-state index contributed by atoms with van der Waals surface area (Å²) in [4.78, 5) is 8.87. The minimum absolute atomic E-state index is 0.309. The quantitative estimate of drug-likeness (QED) is 0.863. The third kappa shape index (κ3) is 3.51. The zero-order chi connectivity index (χ0) is 15.3. The van der Waals surface area contributed by atoms with Crippen LogP contribution in [0.4, 0.5) is 10.2 Å². The van der Waals surface area contributed by atoms with Crippen molar-refractivity contribution >= 4 is 5.82 Å². The van der Waals surface area contributed by atoms with Gasteiger partial charge in [-0.1, -0.05) is 26.2 Å². The molecule has 0 saturated heterocycles. The number of aryl methyl sites for hydroxylation is 1. The number of halogens is 1. The van der Waals surface area contributed by atoms with Crippen LogP contribution < -0.4 is 5.32 Å². The molecular weight excluding hydrogens is 269 g/mol. The zero-order valence-electron chi connectivity index (χ0n) is 13.3. The summed E-state index contributed by atoms with van der Waals surface area (Å²) < 4.78 is 20.2. The van der Waals surface area contributed by atoms with Gasteiger partial charge < -0.3 is 10.1 Å². The van der Waals surface area contributed by atoms with Crippen LogP contribution in [-0.4, -0.2) is 23.1 Å². The molecule has 0 spiro atoms. The number of ether oxygens (including phenoxy) is 1. The number of aromatic nitrogens is 2. The van der Waals surface area contributed by atoms with E-state index in [1.165, 1.54) is 6.42 Å². The number of hydrogen-bond acceptors (Lipinski definition) is 4. The van der Waals surface area contributed by atoms with E-state index in [4.69, 9.17) is 4.74 Å². The van der Waals surface area contributed by atoms with Gasteiger partial charge in [0.25, 0.3) is 0 Å². The van der Waals surface area contributed by atoms with Gasteiger partial charge in [-0.3, -0.25) is 0 Å². The molecule has 1 fully saturated rings. The Balaban J connectivity index is 2.37. The highest BCUT2D eigenvalue weighted by Crippen LogP contribution is 2.39. The summed E-state index contributed by atoms with van der Waals surface area (Å²) in [5.74, 6) is 0.597. The van der Waals surface area contributed by atoms with Crippen molar-refractivity contribution in [2.45, 2.75) is 64.9 Å². The van der Waals surface area contributed by atoms with E-state index in [1.54, 1.807) is 6.92 Å². The maximum atomic E-state index is 14.2. The second kappa shape index (κ2) is 7.16.